The van der Waals surface area contributed by atoms with Crippen LogP contribution in [0.2, 0.25) is 0 Å². The second-order valence-corrected chi connectivity index (χ2v) is 9.18. The lowest BCUT2D eigenvalue weighted by Crippen LogP contribution is -2.44. The Bertz CT molecular complexity index is 1120. The largest absolute Gasteiger partial charge is 0.476 e. The number of ether oxygens (including phenoxy) is 1. The minimum absolute atomic E-state index is 0.0317. The molecular weight excluding hydrogens is 460 g/mol. The minimum atomic E-state index is -0.104. The van der Waals surface area contributed by atoms with Crippen molar-refractivity contribution in [2.45, 2.75) is 12.8 Å². The van der Waals surface area contributed by atoms with Gasteiger partial charge in [0.15, 0.2) is 11.6 Å². The zero-order chi connectivity index (χ0) is 24.7. The first-order valence-corrected chi connectivity index (χ1v) is 12.4. The number of amides is 1. The molecule has 0 radical (unpaired) electrons. The van der Waals surface area contributed by atoms with E-state index >= 15 is 0 Å². The topological polar surface area (TPSA) is 113 Å². The van der Waals surface area contributed by atoms with Gasteiger partial charge in [-0.3, -0.25) is 4.79 Å². The van der Waals surface area contributed by atoms with Gasteiger partial charge in [-0.2, -0.15) is 0 Å². The molecule has 2 aliphatic rings. The number of rotatable bonds is 8. The van der Waals surface area contributed by atoms with E-state index in [4.69, 9.17) is 9.15 Å². The average Bonchev–Trinajstić information content (AvgIpc) is 3.47. The van der Waals surface area contributed by atoms with E-state index in [0.717, 1.165) is 57.2 Å². The van der Waals surface area contributed by atoms with Gasteiger partial charge in [-0.25, -0.2) is 9.97 Å². The number of aromatic nitrogens is 4. The molecule has 11 nitrogen and oxygen atoms in total. The van der Waals surface area contributed by atoms with Gasteiger partial charge in [0.1, 0.15) is 24.4 Å². The summed E-state index contributed by atoms with van der Waals surface area (Å²) in [5.41, 5.74) is 0.689. The molecule has 36 heavy (non-hydrogen) atoms. The van der Waals surface area contributed by atoms with Crippen molar-refractivity contribution in [3.8, 4) is 17.3 Å². The van der Waals surface area contributed by atoms with Crippen molar-refractivity contribution < 1.29 is 13.9 Å². The number of likely N-dealkylation sites (N-methyl/N-ethyl adjacent to an activating group) is 1. The monoisotopic (exact) mass is 492 g/mol. The van der Waals surface area contributed by atoms with Gasteiger partial charge in [0.25, 0.3) is 0 Å². The highest BCUT2D eigenvalue weighted by Crippen LogP contribution is 2.24. The SMILES string of the molecule is CN1CCN(c2cc(OCCNC(=O)C3CCCN(c4ccc(-c5ccco5)nn4)C3)ncn2)CC1. The molecule has 2 fully saturated rings. The maximum atomic E-state index is 12.8. The molecule has 1 unspecified atom stereocenters. The second-order valence-electron chi connectivity index (χ2n) is 9.18. The molecule has 190 valence electrons. The second kappa shape index (κ2) is 11.3. The van der Waals surface area contributed by atoms with Crippen molar-refractivity contribution in [3.63, 3.8) is 0 Å². The smallest absolute Gasteiger partial charge is 0.225 e. The van der Waals surface area contributed by atoms with Crippen molar-refractivity contribution in [1.82, 2.24) is 30.4 Å². The standard InChI is InChI=1S/C25H32N8O3/c1-31-10-12-32(13-11-31)23-16-24(28-18-27-23)36-15-8-26-25(34)19-4-2-9-33(17-19)22-7-6-20(29-30-22)21-5-3-14-35-21/h3,5-7,14,16,18-19H,2,4,8-13,15,17H2,1H3,(H,26,34). The third-order valence-corrected chi connectivity index (χ3v) is 6.65. The highest BCUT2D eigenvalue weighted by molar-refractivity contribution is 5.79. The number of piperidine rings is 1. The van der Waals surface area contributed by atoms with E-state index in [1.165, 1.54) is 6.33 Å². The van der Waals surface area contributed by atoms with Gasteiger partial charge in [-0.05, 0) is 44.2 Å². The summed E-state index contributed by atoms with van der Waals surface area (Å²) in [5.74, 6) is 2.78. The lowest BCUT2D eigenvalue weighted by Gasteiger charge is -2.33. The lowest BCUT2D eigenvalue weighted by atomic mass is 9.97. The molecule has 0 aromatic carbocycles. The van der Waals surface area contributed by atoms with Crippen molar-refractivity contribution >= 4 is 17.5 Å². The van der Waals surface area contributed by atoms with Crippen LogP contribution in [0.4, 0.5) is 11.6 Å². The van der Waals surface area contributed by atoms with Crippen LogP contribution in [0.3, 0.4) is 0 Å². The maximum absolute atomic E-state index is 12.8. The first kappa shape index (κ1) is 24.0. The molecule has 5 heterocycles. The first-order valence-electron chi connectivity index (χ1n) is 12.4. The van der Waals surface area contributed by atoms with Gasteiger partial charge in [-0.15, -0.1) is 10.2 Å². The highest BCUT2D eigenvalue weighted by Gasteiger charge is 2.26. The van der Waals surface area contributed by atoms with Crippen LogP contribution in [0, 0.1) is 5.92 Å². The molecule has 5 rings (SSSR count). The van der Waals surface area contributed by atoms with Gasteiger partial charge in [-0.1, -0.05) is 0 Å². The molecular formula is C25H32N8O3. The number of furan rings is 1. The Kier molecular flexibility index (Phi) is 7.55. The number of nitrogens with one attached hydrogen (secondary N) is 1. The van der Waals surface area contributed by atoms with Crippen LogP contribution in [0.25, 0.3) is 11.5 Å². The number of carbonyl (C=O) groups is 1. The fraction of sp³-hybridized carbons (Fsp3) is 0.480. The lowest BCUT2D eigenvalue weighted by molar-refractivity contribution is -0.125. The number of piperazine rings is 1. The summed E-state index contributed by atoms with van der Waals surface area (Å²) >= 11 is 0. The van der Waals surface area contributed by atoms with Gasteiger partial charge in [0.05, 0.1) is 18.7 Å². The Labute approximate surface area is 210 Å². The van der Waals surface area contributed by atoms with Crippen LogP contribution in [0.1, 0.15) is 12.8 Å². The zero-order valence-corrected chi connectivity index (χ0v) is 20.5. The van der Waals surface area contributed by atoms with Crippen molar-refractivity contribution in [2.75, 3.05) is 69.3 Å². The van der Waals surface area contributed by atoms with E-state index in [9.17, 15) is 4.79 Å². The molecule has 2 aliphatic heterocycles. The van der Waals surface area contributed by atoms with Gasteiger partial charge in [0, 0.05) is 45.3 Å². The molecule has 3 aromatic rings. The van der Waals surface area contributed by atoms with E-state index < -0.39 is 0 Å². The van der Waals surface area contributed by atoms with Crippen LogP contribution in [0.15, 0.2) is 47.3 Å². The number of anilines is 2. The van der Waals surface area contributed by atoms with E-state index in [2.05, 4.69) is 47.2 Å². The maximum Gasteiger partial charge on any atom is 0.225 e. The molecule has 0 saturated carbocycles. The van der Waals surface area contributed by atoms with E-state index in [-0.39, 0.29) is 11.8 Å². The number of nitrogens with zero attached hydrogens (tertiary/aromatic N) is 7. The quantitative estimate of drug-likeness (QED) is 0.466. The van der Waals surface area contributed by atoms with Gasteiger partial charge in [0.2, 0.25) is 11.8 Å². The van der Waals surface area contributed by atoms with Crippen LogP contribution in [-0.2, 0) is 4.79 Å². The molecule has 1 N–H and O–H groups in total. The normalized spacial score (nSPS) is 18.8. The number of hydrogen-bond acceptors (Lipinski definition) is 10. The summed E-state index contributed by atoms with van der Waals surface area (Å²) in [5, 5.41) is 11.6. The predicted octanol–water partition coefficient (Wildman–Crippen LogP) is 1.69. The summed E-state index contributed by atoms with van der Waals surface area (Å²) in [4.78, 5) is 28.1. The van der Waals surface area contributed by atoms with Crippen molar-refractivity contribution in [3.05, 3.63) is 42.9 Å². The van der Waals surface area contributed by atoms with Crippen LogP contribution in [-0.4, -0.2) is 90.4 Å². The summed E-state index contributed by atoms with van der Waals surface area (Å²) < 4.78 is 11.2. The fourth-order valence-corrected chi connectivity index (χ4v) is 4.54. The molecule has 0 spiro atoms. The number of carbonyl (C=O) groups excluding carboxylic acids is 1. The summed E-state index contributed by atoms with van der Waals surface area (Å²) in [6, 6.07) is 9.36. The predicted molar refractivity (Wildman–Crippen MR) is 135 cm³/mol. The third kappa shape index (κ3) is 5.91. The van der Waals surface area contributed by atoms with Crippen molar-refractivity contribution in [1.29, 1.82) is 0 Å². The van der Waals surface area contributed by atoms with Crippen molar-refractivity contribution in [2.24, 2.45) is 5.92 Å². The Morgan fingerprint density at radius 1 is 1.08 bits per heavy atom. The summed E-state index contributed by atoms with van der Waals surface area (Å²) in [7, 11) is 2.12. The van der Waals surface area contributed by atoms with Crippen LogP contribution >= 0.6 is 0 Å². The van der Waals surface area contributed by atoms with E-state index in [0.29, 0.717) is 37.0 Å². The van der Waals surface area contributed by atoms with Gasteiger partial charge < -0.3 is 29.2 Å². The van der Waals surface area contributed by atoms with Crippen LogP contribution < -0.4 is 19.9 Å². The Morgan fingerprint density at radius 2 is 1.97 bits per heavy atom. The Morgan fingerprint density at radius 3 is 2.75 bits per heavy atom. The zero-order valence-electron chi connectivity index (χ0n) is 20.5. The fourth-order valence-electron chi connectivity index (χ4n) is 4.54. The third-order valence-electron chi connectivity index (χ3n) is 6.65. The van der Waals surface area contributed by atoms with E-state index in [1.54, 1.807) is 6.26 Å². The van der Waals surface area contributed by atoms with E-state index in [1.807, 2.05) is 30.3 Å². The molecule has 1 amide bonds. The molecule has 0 aliphatic carbocycles. The summed E-state index contributed by atoms with van der Waals surface area (Å²) in [6.07, 6.45) is 4.92. The average molecular weight is 493 g/mol. The first-order chi connectivity index (χ1) is 17.7. The molecule has 0 bridgehead atoms. The molecule has 11 heteroatoms. The Hall–Kier alpha value is -3.73. The minimum Gasteiger partial charge on any atom is -0.476 e. The summed E-state index contributed by atoms with van der Waals surface area (Å²) in [6.45, 7) is 6.11. The van der Waals surface area contributed by atoms with Gasteiger partial charge >= 0.3 is 0 Å². The highest BCUT2D eigenvalue weighted by atomic mass is 16.5. The number of hydrogen-bond donors (Lipinski definition) is 1. The molecule has 2 saturated heterocycles. The Balaban J connectivity index is 1.07. The molecule has 3 aromatic heterocycles. The van der Waals surface area contributed by atoms with Crippen LogP contribution in [0.5, 0.6) is 5.88 Å². The molecule has 1 atom stereocenters.